The molecule has 0 aliphatic carbocycles. The zero-order valence-electron chi connectivity index (χ0n) is 6.67. The lowest BCUT2D eigenvalue weighted by molar-refractivity contribution is 0.575. The lowest BCUT2D eigenvalue weighted by Crippen LogP contribution is -2.25. The molecule has 11 heavy (non-hydrogen) atoms. The molecule has 0 atom stereocenters. The summed E-state index contributed by atoms with van der Waals surface area (Å²) in [5.74, 6) is 0.945. The maximum Gasteiger partial charge on any atom is 0.315 e. The van der Waals surface area contributed by atoms with Gasteiger partial charge in [-0.2, -0.15) is 0 Å². The molecule has 0 N–H and O–H groups in total. The summed E-state index contributed by atoms with van der Waals surface area (Å²) in [7, 11) is 0. The first-order valence-electron chi connectivity index (χ1n) is 3.51. The highest BCUT2D eigenvalue weighted by Crippen LogP contribution is 2.18. The molecule has 60 valence electrons. The van der Waals surface area contributed by atoms with Gasteiger partial charge in [-0.05, 0) is 25.2 Å². The maximum absolute atomic E-state index is 5.66. The van der Waals surface area contributed by atoms with Gasteiger partial charge >= 0.3 is 6.94 Å². The molecule has 0 amide bonds. The third kappa shape index (κ3) is 3.58. The normalized spacial score (nSPS) is 11.2. The Morgan fingerprint density at radius 3 is 2.18 bits per heavy atom. The average molecular weight is 231 g/mol. The summed E-state index contributed by atoms with van der Waals surface area (Å²) in [6, 6.07) is 9.87. The molecule has 1 aromatic carbocycles. The van der Waals surface area contributed by atoms with Gasteiger partial charge in [-0.3, -0.25) is 0 Å². The van der Waals surface area contributed by atoms with E-state index in [0.29, 0.717) is 0 Å². The van der Waals surface area contributed by atoms with Crippen LogP contribution in [0.3, 0.4) is 0 Å². The number of hydrogen-bond acceptors (Lipinski definition) is 1. The first kappa shape index (κ1) is 8.81. The summed E-state index contributed by atoms with van der Waals surface area (Å²) in [5.41, 5.74) is 0. The molecule has 3 heteroatoms. The third-order valence-corrected chi connectivity index (χ3v) is 2.31. The second-order valence-electron chi connectivity index (χ2n) is 2.78. The van der Waals surface area contributed by atoms with Crippen LogP contribution >= 0.6 is 15.3 Å². The number of para-hydroxylation sites is 1. The topological polar surface area (TPSA) is 9.23 Å². The van der Waals surface area contributed by atoms with Crippen LogP contribution in [0.25, 0.3) is 0 Å². The van der Waals surface area contributed by atoms with Gasteiger partial charge in [0.15, 0.2) is 0 Å². The van der Waals surface area contributed by atoms with E-state index in [0.717, 1.165) is 5.75 Å². The Morgan fingerprint density at radius 1 is 1.18 bits per heavy atom. The highest BCUT2D eigenvalue weighted by molar-refractivity contribution is 9.25. The Kier molecular flexibility index (Phi) is 2.73. The van der Waals surface area contributed by atoms with Crippen molar-refractivity contribution in [3.63, 3.8) is 0 Å². The molecule has 0 saturated carbocycles. The molecule has 0 bridgehead atoms. The van der Waals surface area contributed by atoms with Crippen molar-refractivity contribution in [1.82, 2.24) is 0 Å². The molecule has 0 heterocycles. The molecule has 0 fully saturated rings. The van der Waals surface area contributed by atoms with Crippen LogP contribution in [0.4, 0.5) is 0 Å². The van der Waals surface area contributed by atoms with Crippen LogP contribution in [0.2, 0.25) is 13.1 Å². The molecular formula is C8H11BrOSi. The number of hydrogen-bond donors (Lipinski definition) is 0. The van der Waals surface area contributed by atoms with Crippen molar-refractivity contribution in [3.8, 4) is 5.75 Å². The van der Waals surface area contributed by atoms with Crippen molar-refractivity contribution in [1.29, 1.82) is 0 Å². The molecule has 1 aromatic rings. The highest BCUT2D eigenvalue weighted by atomic mass is 79.9. The van der Waals surface area contributed by atoms with Crippen LogP contribution in [0, 0.1) is 0 Å². The lowest BCUT2D eigenvalue weighted by atomic mass is 10.3. The van der Waals surface area contributed by atoms with Crippen molar-refractivity contribution in [3.05, 3.63) is 30.3 Å². The van der Waals surface area contributed by atoms with Gasteiger partial charge in [0.2, 0.25) is 0 Å². The summed E-state index contributed by atoms with van der Waals surface area (Å²) in [6.45, 7) is 2.61. The van der Waals surface area contributed by atoms with Crippen molar-refractivity contribution < 1.29 is 4.43 Å². The van der Waals surface area contributed by atoms with Crippen molar-refractivity contribution in [2.75, 3.05) is 0 Å². The average Bonchev–Trinajstić information content (AvgIpc) is 1.85. The smallest absolute Gasteiger partial charge is 0.315 e. The molecule has 0 spiro atoms. The molecule has 1 rings (SSSR count). The fourth-order valence-electron chi connectivity index (χ4n) is 0.769. The molecule has 0 unspecified atom stereocenters. The zero-order chi connectivity index (χ0) is 8.32. The summed E-state index contributed by atoms with van der Waals surface area (Å²) >= 11 is 3.53. The number of benzene rings is 1. The van der Waals surface area contributed by atoms with Gasteiger partial charge in [-0.25, -0.2) is 0 Å². The molecule has 0 saturated heterocycles. The SMILES string of the molecule is C[Si](C)(Br)Oc1ccccc1. The van der Waals surface area contributed by atoms with Crippen molar-refractivity contribution >= 4 is 22.2 Å². The molecule has 0 aliphatic heterocycles. The zero-order valence-corrected chi connectivity index (χ0v) is 9.26. The highest BCUT2D eigenvalue weighted by Gasteiger charge is 2.18. The quantitative estimate of drug-likeness (QED) is 0.561. The Balaban J connectivity index is 2.66. The Labute approximate surface area is 76.1 Å². The van der Waals surface area contributed by atoms with E-state index in [2.05, 4.69) is 28.4 Å². The van der Waals surface area contributed by atoms with Crippen LogP contribution in [0.1, 0.15) is 0 Å². The second kappa shape index (κ2) is 3.41. The van der Waals surface area contributed by atoms with Crippen LogP contribution in [0.15, 0.2) is 30.3 Å². The molecule has 0 aliphatic rings. The largest absolute Gasteiger partial charge is 0.533 e. The second-order valence-corrected chi connectivity index (χ2v) is 11.4. The molecule has 0 radical (unpaired) electrons. The first-order chi connectivity index (χ1) is 5.08. The van der Waals surface area contributed by atoms with Gasteiger partial charge in [0.05, 0.1) is 0 Å². The van der Waals surface area contributed by atoms with Gasteiger partial charge in [0.25, 0.3) is 0 Å². The monoisotopic (exact) mass is 230 g/mol. The lowest BCUT2D eigenvalue weighted by Gasteiger charge is -2.16. The van der Waals surface area contributed by atoms with E-state index in [9.17, 15) is 0 Å². The van der Waals surface area contributed by atoms with E-state index in [1.807, 2.05) is 30.3 Å². The van der Waals surface area contributed by atoms with Crippen molar-refractivity contribution in [2.45, 2.75) is 13.1 Å². The van der Waals surface area contributed by atoms with Crippen LogP contribution in [0.5, 0.6) is 5.75 Å². The van der Waals surface area contributed by atoms with E-state index in [4.69, 9.17) is 4.43 Å². The Bertz CT molecular complexity index is 217. The molecule has 0 aromatic heterocycles. The minimum atomic E-state index is -1.59. The van der Waals surface area contributed by atoms with Crippen molar-refractivity contribution in [2.24, 2.45) is 0 Å². The van der Waals surface area contributed by atoms with E-state index in [1.54, 1.807) is 0 Å². The summed E-state index contributed by atoms with van der Waals surface area (Å²) < 4.78 is 5.66. The van der Waals surface area contributed by atoms with Gasteiger partial charge in [-0.15, -0.1) is 0 Å². The van der Waals surface area contributed by atoms with Gasteiger partial charge in [0.1, 0.15) is 5.75 Å². The summed E-state index contributed by atoms with van der Waals surface area (Å²) in [5, 5.41) is 0. The Morgan fingerprint density at radius 2 is 1.73 bits per heavy atom. The van der Waals surface area contributed by atoms with E-state index in [-0.39, 0.29) is 0 Å². The summed E-state index contributed by atoms with van der Waals surface area (Å²) in [4.78, 5) is 0. The molecule has 1 nitrogen and oxygen atoms in total. The fourth-order valence-corrected chi connectivity index (χ4v) is 2.03. The maximum atomic E-state index is 5.66. The van der Waals surface area contributed by atoms with E-state index < -0.39 is 6.94 Å². The molecular weight excluding hydrogens is 220 g/mol. The third-order valence-electron chi connectivity index (χ3n) is 1.10. The van der Waals surface area contributed by atoms with Crippen LogP contribution < -0.4 is 4.43 Å². The predicted molar refractivity (Wildman–Crippen MR) is 53.5 cm³/mol. The van der Waals surface area contributed by atoms with E-state index in [1.165, 1.54) is 0 Å². The van der Waals surface area contributed by atoms with Crippen LogP contribution in [-0.2, 0) is 0 Å². The van der Waals surface area contributed by atoms with Gasteiger partial charge < -0.3 is 4.43 Å². The van der Waals surface area contributed by atoms with E-state index >= 15 is 0 Å². The predicted octanol–water partition coefficient (Wildman–Crippen LogP) is 3.16. The first-order valence-corrected chi connectivity index (χ1v) is 8.67. The van der Waals surface area contributed by atoms with Gasteiger partial charge in [0, 0.05) is 0 Å². The Hall–Kier alpha value is -0.283. The number of halogens is 1. The minimum absolute atomic E-state index is 0.945. The summed E-state index contributed by atoms with van der Waals surface area (Å²) in [6.07, 6.45) is 0. The van der Waals surface area contributed by atoms with Crippen LogP contribution in [-0.4, -0.2) is 6.94 Å². The minimum Gasteiger partial charge on any atom is -0.533 e. The standard InChI is InChI=1S/C8H11BrOSi/c1-11(2,9)10-8-6-4-3-5-7-8/h3-7H,1-2H3. The fraction of sp³-hybridized carbons (Fsp3) is 0.250. The number of rotatable bonds is 2. The van der Waals surface area contributed by atoms with Gasteiger partial charge in [-0.1, -0.05) is 33.5 Å².